The molecule has 3 aromatic rings. The van der Waals surface area contributed by atoms with Crippen molar-refractivity contribution in [1.29, 1.82) is 0 Å². The molecule has 1 N–H and O–H groups in total. The van der Waals surface area contributed by atoms with E-state index in [1.807, 2.05) is 0 Å². The molecule has 0 saturated carbocycles. The summed E-state index contributed by atoms with van der Waals surface area (Å²) in [6, 6.07) is 15.8. The lowest BCUT2D eigenvalue weighted by molar-refractivity contribution is -0.137. The molecule has 0 radical (unpaired) electrons. The van der Waals surface area contributed by atoms with Crippen LogP contribution >= 0.6 is 0 Å². The van der Waals surface area contributed by atoms with Gasteiger partial charge in [-0.05, 0) is 36.4 Å². The molecule has 0 saturated heterocycles. The van der Waals surface area contributed by atoms with E-state index in [0.717, 1.165) is 12.1 Å². The molecule has 5 nitrogen and oxygen atoms in total. The summed E-state index contributed by atoms with van der Waals surface area (Å²) in [5, 5.41) is 2.55. The Morgan fingerprint density at radius 2 is 1.71 bits per heavy atom. The second-order valence-corrected chi connectivity index (χ2v) is 5.73. The Labute approximate surface area is 157 Å². The van der Waals surface area contributed by atoms with Crippen molar-refractivity contribution in [3.63, 3.8) is 0 Å². The van der Waals surface area contributed by atoms with Crippen LogP contribution in [0.3, 0.4) is 0 Å². The van der Waals surface area contributed by atoms with E-state index in [1.54, 1.807) is 30.3 Å². The van der Waals surface area contributed by atoms with Crippen molar-refractivity contribution in [2.45, 2.75) is 6.18 Å². The summed E-state index contributed by atoms with van der Waals surface area (Å²) in [7, 11) is 0. The number of anilines is 1. The number of hydrogen-bond donors (Lipinski definition) is 1. The summed E-state index contributed by atoms with van der Waals surface area (Å²) in [6.45, 7) is -0.534. The average molecular weight is 389 g/mol. The van der Waals surface area contributed by atoms with Gasteiger partial charge in [0.25, 0.3) is 5.91 Å². The Bertz CT molecular complexity index is 980. The molecule has 0 bridgehead atoms. The molecule has 8 heteroatoms. The predicted octanol–water partition coefficient (Wildman–Crippen LogP) is 4.76. The van der Waals surface area contributed by atoms with Crippen molar-refractivity contribution in [3.8, 4) is 11.3 Å². The summed E-state index contributed by atoms with van der Waals surface area (Å²) < 4.78 is 48.6. The number of rotatable bonds is 5. The van der Waals surface area contributed by atoms with E-state index in [9.17, 15) is 22.8 Å². The standard InChI is InChI=1S/C20H14F3NO4/c21-20(22,23)14-6-4-5-13(11-14)16-9-10-17(28-16)19(26)27-12-18(25)24-15-7-2-1-3-8-15/h1-11H,12H2,(H,24,25). The minimum absolute atomic E-state index is 0.0757. The van der Waals surface area contributed by atoms with Gasteiger partial charge in [0.05, 0.1) is 5.56 Å². The maximum atomic E-state index is 12.8. The molecule has 0 spiro atoms. The molecule has 0 aliphatic heterocycles. The van der Waals surface area contributed by atoms with Gasteiger partial charge >= 0.3 is 12.1 Å². The van der Waals surface area contributed by atoms with E-state index in [4.69, 9.17) is 9.15 Å². The summed E-state index contributed by atoms with van der Waals surface area (Å²) in [4.78, 5) is 23.8. The number of alkyl halides is 3. The number of hydrogen-bond acceptors (Lipinski definition) is 4. The fraction of sp³-hybridized carbons (Fsp3) is 0.100. The van der Waals surface area contributed by atoms with Crippen molar-refractivity contribution in [3.05, 3.63) is 78.1 Å². The lowest BCUT2D eigenvalue weighted by atomic mass is 10.1. The number of nitrogens with one attached hydrogen (secondary N) is 1. The molecule has 3 rings (SSSR count). The molecular formula is C20H14F3NO4. The van der Waals surface area contributed by atoms with Gasteiger partial charge in [0.15, 0.2) is 6.61 Å². The number of para-hydroxylation sites is 1. The number of furan rings is 1. The Kier molecular flexibility index (Phi) is 5.49. The van der Waals surface area contributed by atoms with Gasteiger partial charge in [-0.15, -0.1) is 0 Å². The molecule has 0 aliphatic carbocycles. The third kappa shape index (κ3) is 4.79. The number of carbonyl (C=O) groups is 2. The fourth-order valence-electron chi connectivity index (χ4n) is 2.37. The van der Waals surface area contributed by atoms with E-state index < -0.39 is 30.2 Å². The van der Waals surface area contributed by atoms with Crippen LogP contribution in [-0.2, 0) is 15.7 Å². The molecule has 28 heavy (non-hydrogen) atoms. The average Bonchev–Trinajstić information content (AvgIpc) is 3.17. The largest absolute Gasteiger partial charge is 0.450 e. The van der Waals surface area contributed by atoms with Crippen LogP contribution in [0.25, 0.3) is 11.3 Å². The highest BCUT2D eigenvalue weighted by atomic mass is 19.4. The van der Waals surface area contributed by atoms with E-state index in [2.05, 4.69) is 5.32 Å². The van der Waals surface area contributed by atoms with Crippen molar-refractivity contribution in [2.75, 3.05) is 11.9 Å². The first-order chi connectivity index (χ1) is 13.3. The maximum Gasteiger partial charge on any atom is 0.416 e. The van der Waals surface area contributed by atoms with Crippen LogP contribution in [0.4, 0.5) is 18.9 Å². The molecule has 0 atom stereocenters. The SMILES string of the molecule is O=C(COC(=O)c1ccc(-c2cccc(C(F)(F)F)c2)o1)Nc1ccccc1. The molecule has 0 unspecified atom stereocenters. The summed E-state index contributed by atoms with van der Waals surface area (Å²) >= 11 is 0. The van der Waals surface area contributed by atoms with Crippen LogP contribution in [0.15, 0.2) is 71.1 Å². The second-order valence-electron chi connectivity index (χ2n) is 5.73. The monoisotopic (exact) mass is 389 g/mol. The van der Waals surface area contributed by atoms with Gasteiger partial charge in [-0.1, -0.05) is 30.3 Å². The number of halogens is 3. The van der Waals surface area contributed by atoms with Gasteiger partial charge in [0.2, 0.25) is 5.76 Å². The zero-order valence-electron chi connectivity index (χ0n) is 14.3. The van der Waals surface area contributed by atoms with Gasteiger partial charge < -0.3 is 14.5 Å². The third-order valence-corrected chi connectivity index (χ3v) is 3.67. The molecule has 144 valence electrons. The first kappa shape index (κ1) is 19.2. The second kappa shape index (κ2) is 7.99. The highest BCUT2D eigenvalue weighted by molar-refractivity contribution is 5.94. The van der Waals surface area contributed by atoms with Crippen molar-refractivity contribution in [1.82, 2.24) is 0 Å². The smallest absolute Gasteiger partial charge is 0.416 e. The molecule has 0 aliphatic rings. The molecular weight excluding hydrogens is 375 g/mol. The minimum atomic E-state index is -4.49. The Morgan fingerprint density at radius 1 is 0.964 bits per heavy atom. The van der Waals surface area contributed by atoms with Crippen LogP contribution in [0.1, 0.15) is 16.1 Å². The third-order valence-electron chi connectivity index (χ3n) is 3.67. The van der Waals surface area contributed by atoms with Gasteiger partial charge in [-0.3, -0.25) is 4.79 Å². The Morgan fingerprint density at radius 3 is 2.43 bits per heavy atom. The minimum Gasteiger partial charge on any atom is -0.450 e. The number of amides is 1. The highest BCUT2D eigenvalue weighted by Crippen LogP contribution is 2.32. The van der Waals surface area contributed by atoms with Crippen LogP contribution in [0, 0.1) is 0 Å². The van der Waals surface area contributed by atoms with Gasteiger partial charge in [0.1, 0.15) is 5.76 Å². The zero-order chi connectivity index (χ0) is 20.1. The Balaban J connectivity index is 1.62. The normalized spacial score (nSPS) is 11.1. The molecule has 2 aromatic carbocycles. The highest BCUT2D eigenvalue weighted by Gasteiger charge is 2.30. The number of ether oxygens (including phenoxy) is 1. The quantitative estimate of drug-likeness (QED) is 0.639. The lowest BCUT2D eigenvalue weighted by Crippen LogP contribution is -2.20. The van der Waals surface area contributed by atoms with Crippen LogP contribution < -0.4 is 5.32 Å². The van der Waals surface area contributed by atoms with E-state index in [-0.39, 0.29) is 17.1 Å². The maximum absolute atomic E-state index is 12.8. The van der Waals surface area contributed by atoms with Crippen LogP contribution in [0.5, 0.6) is 0 Å². The van der Waals surface area contributed by atoms with Gasteiger partial charge in [0, 0.05) is 11.3 Å². The topological polar surface area (TPSA) is 68.5 Å². The summed E-state index contributed by atoms with van der Waals surface area (Å²) in [5.41, 5.74) is -0.118. The fourth-order valence-corrected chi connectivity index (χ4v) is 2.37. The number of carbonyl (C=O) groups excluding carboxylic acids is 2. The lowest BCUT2D eigenvalue weighted by Gasteiger charge is -2.07. The van der Waals surface area contributed by atoms with Crippen molar-refractivity contribution >= 4 is 17.6 Å². The Hall–Kier alpha value is -3.55. The van der Waals surface area contributed by atoms with Crippen LogP contribution in [0.2, 0.25) is 0 Å². The van der Waals surface area contributed by atoms with E-state index in [1.165, 1.54) is 24.3 Å². The first-order valence-corrected chi connectivity index (χ1v) is 8.12. The number of esters is 1. The molecule has 1 aromatic heterocycles. The van der Waals surface area contributed by atoms with Gasteiger partial charge in [-0.2, -0.15) is 13.2 Å². The van der Waals surface area contributed by atoms with E-state index in [0.29, 0.717) is 5.69 Å². The summed E-state index contributed by atoms with van der Waals surface area (Å²) in [5.74, 6) is -1.59. The molecule has 1 heterocycles. The zero-order valence-corrected chi connectivity index (χ0v) is 14.3. The van der Waals surface area contributed by atoms with Crippen LogP contribution in [-0.4, -0.2) is 18.5 Å². The first-order valence-electron chi connectivity index (χ1n) is 8.12. The number of benzene rings is 2. The predicted molar refractivity (Wildman–Crippen MR) is 94.5 cm³/mol. The van der Waals surface area contributed by atoms with Crippen molar-refractivity contribution in [2.24, 2.45) is 0 Å². The summed E-state index contributed by atoms with van der Waals surface area (Å²) in [6.07, 6.45) is -4.49. The van der Waals surface area contributed by atoms with Crippen molar-refractivity contribution < 1.29 is 31.9 Å². The molecule has 1 amide bonds. The molecule has 0 fully saturated rings. The van der Waals surface area contributed by atoms with Gasteiger partial charge in [-0.25, -0.2) is 4.79 Å². The van der Waals surface area contributed by atoms with E-state index >= 15 is 0 Å².